The molecule has 25 heavy (non-hydrogen) atoms. The molecule has 3 aromatic rings. The number of carbonyl (C=O) groups is 1. The smallest absolute Gasteiger partial charge is 0.337 e. The van der Waals surface area contributed by atoms with E-state index in [9.17, 15) is 4.79 Å². The van der Waals surface area contributed by atoms with E-state index in [1.54, 1.807) is 42.5 Å². The molecule has 0 atom stereocenters. The summed E-state index contributed by atoms with van der Waals surface area (Å²) in [6, 6.07) is 11.9. The van der Waals surface area contributed by atoms with Gasteiger partial charge in [0.25, 0.3) is 0 Å². The van der Waals surface area contributed by atoms with Crippen LogP contribution in [-0.4, -0.2) is 23.3 Å². The highest BCUT2D eigenvalue weighted by Crippen LogP contribution is 2.25. The average molecular weight is 378 g/mol. The van der Waals surface area contributed by atoms with Gasteiger partial charge in [0.05, 0.1) is 29.9 Å². The van der Waals surface area contributed by atoms with Crippen molar-refractivity contribution >= 4 is 34.9 Å². The predicted octanol–water partition coefficient (Wildman–Crippen LogP) is 4.44. The third-order valence-corrected chi connectivity index (χ3v) is 3.96. The topological polar surface area (TPSA) is 77.2 Å². The largest absolute Gasteiger partial charge is 0.465 e. The lowest BCUT2D eigenvalue weighted by molar-refractivity contribution is 0.0601. The number of hydrogen-bond donors (Lipinski definition) is 1. The number of carbonyl (C=O) groups excluding carboxylic acids is 1. The number of rotatable bonds is 5. The Kier molecular flexibility index (Phi) is 5.21. The van der Waals surface area contributed by atoms with Gasteiger partial charge in [0, 0.05) is 10.6 Å². The summed E-state index contributed by atoms with van der Waals surface area (Å²) in [6.45, 7) is 0.255. The van der Waals surface area contributed by atoms with Gasteiger partial charge in [-0.3, -0.25) is 0 Å². The number of nitrogens with one attached hydrogen (secondary N) is 1. The summed E-state index contributed by atoms with van der Waals surface area (Å²) in [5.74, 6) is 0.329. The monoisotopic (exact) mass is 377 g/mol. The average Bonchev–Trinajstić information content (AvgIpc) is 3.10. The minimum absolute atomic E-state index is 0.255. The highest BCUT2D eigenvalue weighted by atomic mass is 35.5. The summed E-state index contributed by atoms with van der Waals surface area (Å²) < 4.78 is 10.3. The zero-order valence-corrected chi connectivity index (χ0v) is 14.6. The maximum Gasteiger partial charge on any atom is 0.337 e. The van der Waals surface area contributed by atoms with Crippen molar-refractivity contribution in [1.29, 1.82) is 0 Å². The van der Waals surface area contributed by atoms with Gasteiger partial charge in [-0.05, 0) is 42.5 Å². The highest BCUT2D eigenvalue weighted by molar-refractivity contribution is 6.33. The highest BCUT2D eigenvalue weighted by Gasteiger charge is 2.11. The molecule has 0 saturated heterocycles. The van der Waals surface area contributed by atoms with E-state index >= 15 is 0 Å². The third kappa shape index (κ3) is 4.10. The molecular weight excluding hydrogens is 365 g/mol. The quantitative estimate of drug-likeness (QED) is 0.662. The molecule has 0 aliphatic rings. The molecule has 0 amide bonds. The van der Waals surface area contributed by atoms with Gasteiger partial charge in [-0.1, -0.05) is 23.2 Å². The summed E-state index contributed by atoms with van der Waals surface area (Å²) in [5.41, 5.74) is 1.73. The Morgan fingerprint density at radius 3 is 2.64 bits per heavy atom. The SMILES string of the molecule is COC(=O)c1ccc(Cl)c(NCc2nnc(-c3ccc(Cl)cc3)o2)c1. The van der Waals surface area contributed by atoms with Crippen LogP contribution in [0.15, 0.2) is 46.9 Å². The van der Waals surface area contributed by atoms with Crippen molar-refractivity contribution in [3.63, 3.8) is 0 Å². The first-order valence-corrected chi connectivity index (χ1v) is 8.02. The molecule has 0 saturated carbocycles. The Morgan fingerprint density at radius 2 is 1.92 bits per heavy atom. The Morgan fingerprint density at radius 1 is 1.16 bits per heavy atom. The van der Waals surface area contributed by atoms with Crippen LogP contribution in [-0.2, 0) is 11.3 Å². The van der Waals surface area contributed by atoms with Crippen molar-refractivity contribution < 1.29 is 13.9 Å². The van der Waals surface area contributed by atoms with E-state index in [-0.39, 0.29) is 6.54 Å². The Balaban J connectivity index is 1.72. The number of ether oxygens (including phenoxy) is 1. The molecule has 1 aromatic heterocycles. The number of aromatic nitrogens is 2. The summed E-state index contributed by atoms with van der Waals surface area (Å²) in [5, 5.41) is 12.1. The van der Waals surface area contributed by atoms with Crippen LogP contribution in [0.4, 0.5) is 5.69 Å². The summed E-state index contributed by atoms with van der Waals surface area (Å²) >= 11 is 12.0. The molecule has 0 fully saturated rings. The fraction of sp³-hybridized carbons (Fsp3) is 0.118. The van der Waals surface area contributed by atoms with Crippen LogP contribution in [0.5, 0.6) is 0 Å². The zero-order valence-electron chi connectivity index (χ0n) is 13.1. The van der Waals surface area contributed by atoms with Crippen LogP contribution < -0.4 is 5.32 Å². The van der Waals surface area contributed by atoms with E-state index in [2.05, 4.69) is 15.5 Å². The summed E-state index contributed by atoms with van der Waals surface area (Å²) in [4.78, 5) is 11.6. The molecule has 0 spiro atoms. The van der Waals surface area contributed by atoms with Crippen molar-refractivity contribution in [2.24, 2.45) is 0 Å². The maximum atomic E-state index is 11.6. The van der Waals surface area contributed by atoms with Gasteiger partial charge in [0.15, 0.2) is 0 Å². The predicted molar refractivity (Wildman–Crippen MR) is 94.9 cm³/mol. The Bertz CT molecular complexity index is 894. The molecule has 0 radical (unpaired) electrons. The second kappa shape index (κ2) is 7.55. The molecule has 0 unspecified atom stereocenters. The van der Waals surface area contributed by atoms with E-state index < -0.39 is 5.97 Å². The van der Waals surface area contributed by atoms with Crippen molar-refractivity contribution in [1.82, 2.24) is 10.2 Å². The molecule has 0 aliphatic heterocycles. The number of esters is 1. The molecule has 0 bridgehead atoms. The second-order valence-corrected chi connectivity index (χ2v) is 5.89. The van der Waals surface area contributed by atoms with E-state index in [0.717, 1.165) is 5.56 Å². The lowest BCUT2D eigenvalue weighted by Gasteiger charge is -2.08. The molecule has 1 heterocycles. The Labute approximate surface area is 153 Å². The van der Waals surface area contributed by atoms with Crippen LogP contribution in [0, 0.1) is 0 Å². The van der Waals surface area contributed by atoms with E-state index in [1.807, 2.05) is 0 Å². The number of nitrogens with zero attached hydrogens (tertiary/aromatic N) is 2. The minimum atomic E-state index is -0.442. The molecule has 1 N–H and O–H groups in total. The van der Waals surface area contributed by atoms with Gasteiger partial charge in [-0.25, -0.2) is 4.79 Å². The molecule has 0 aliphatic carbocycles. The number of anilines is 1. The Hall–Kier alpha value is -2.57. The van der Waals surface area contributed by atoms with Crippen LogP contribution in [0.3, 0.4) is 0 Å². The second-order valence-electron chi connectivity index (χ2n) is 5.05. The fourth-order valence-electron chi connectivity index (χ4n) is 2.11. The molecule has 128 valence electrons. The van der Waals surface area contributed by atoms with Gasteiger partial charge >= 0.3 is 5.97 Å². The van der Waals surface area contributed by atoms with E-state index in [1.165, 1.54) is 7.11 Å². The van der Waals surface area contributed by atoms with Gasteiger partial charge in [-0.15, -0.1) is 10.2 Å². The summed E-state index contributed by atoms with van der Waals surface area (Å²) in [6.07, 6.45) is 0. The number of benzene rings is 2. The standard InChI is InChI=1S/C17H13Cl2N3O3/c1-24-17(23)11-4-7-13(19)14(8-11)20-9-15-21-22-16(25-15)10-2-5-12(18)6-3-10/h2-8,20H,9H2,1H3. The molecule has 3 rings (SSSR count). The van der Waals surface area contributed by atoms with E-state index in [0.29, 0.717) is 33.1 Å². The summed E-state index contributed by atoms with van der Waals surface area (Å²) in [7, 11) is 1.32. The number of halogens is 2. The van der Waals surface area contributed by atoms with Gasteiger partial charge in [0.1, 0.15) is 0 Å². The van der Waals surface area contributed by atoms with Crippen molar-refractivity contribution in [2.75, 3.05) is 12.4 Å². The molecule has 8 heteroatoms. The van der Waals surface area contributed by atoms with Crippen LogP contribution in [0.2, 0.25) is 10.0 Å². The van der Waals surface area contributed by atoms with Crippen LogP contribution in [0.1, 0.15) is 16.2 Å². The van der Waals surface area contributed by atoms with Gasteiger partial charge in [0.2, 0.25) is 11.8 Å². The van der Waals surface area contributed by atoms with Crippen LogP contribution >= 0.6 is 23.2 Å². The van der Waals surface area contributed by atoms with Crippen LogP contribution in [0.25, 0.3) is 11.5 Å². The lowest BCUT2D eigenvalue weighted by atomic mass is 10.2. The molecule has 2 aromatic carbocycles. The molecular formula is C17H13Cl2N3O3. The normalized spacial score (nSPS) is 10.5. The first-order chi connectivity index (χ1) is 12.1. The fourth-order valence-corrected chi connectivity index (χ4v) is 2.42. The zero-order chi connectivity index (χ0) is 17.8. The number of hydrogen-bond acceptors (Lipinski definition) is 6. The van der Waals surface area contributed by atoms with E-state index in [4.69, 9.17) is 32.4 Å². The minimum Gasteiger partial charge on any atom is -0.465 e. The van der Waals surface area contributed by atoms with Crippen molar-refractivity contribution in [3.8, 4) is 11.5 Å². The number of methoxy groups -OCH3 is 1. The van der Waals surface area contributed by atoms with Crippen molar-refractivity contribution in [2.45, 2.75) is 6.54 Å². The lowest BCUT2D eigenvalue weighted by Crippen LogP contribution is -2.04. The first kappa shape index (κ1) is 17.3. The first-order valence-electron chi connectivity index (χ1n) is 7.27. The van der Waals surface area contributed by atoms with Gasteiger partial charge in [-0.2, -0.15) is 0 Å². The molecule has 6 nitrogen and oxygen atoms in total. The van der Waals surface area contributed by atoms with Gasteiger partial charge < -0.3 is 14.5 Å². The van der Waals surface area contributed by atoms with Crippen molar-refractivity contribution in [3.05, 3.63) is 64.0 Å². The third-order valence-electron chi connectivity index (χ3n) is 3.38. The maximum absolute atomic E-state index is 11.6.